The molecule has 1 aromatic rings. The lowest BCUT2D eigenvalue weighted by Gasteiger charge is -2.23. The minimum Gasteiger partial charge on any atom is -0.479 e. The van der Waals surface area contributed by atoms with Gasteiger partial charge in [0.25, 0.3) is 5.91 Å². The first-order valence-corrected chi connectivity index (χ1v) is 8.02. The van der Waals surface area contributed by atoms with E-state index in [4.69, 9.17) is 9.47 Å². The van der Waals surface area contributed by atoms with Crippen molar-refractivity contribution in [1.29, 1.82) is 0 Å². The number of nitrogens with one attached hydrogen (secondary N) is 1. The molecule has 0 saturated heterocycles. The Kier molecular flexibility index (Phi) is 7.42. The number of carbonyl (C=O) groups is 3. The van der Waals surface area contributed by atoms with Crippen molar-refractivity contribution >= 4 is 17.8 Å². The lowest BCUT2D eigenvalue weighted by Crippen LogP contribution is -2.47. The molecular weight excluding hydrogens is 324 g/mol. The van der Waals surface area contributed by atoms with Gasteiger partial charge in [0, 0.05) is 12.6 Å². The van der Waals surface area contributed by atoms with Crippen LogP contribution in [0.4, 0.5) is 0 Å². The monoisotopic (exact) mass is 350 g/mol. The molecule has 0 aromatic heterocycles. The van der Waals surface area contributed by atoms with E-state index < -0.39 is 24.6 Å². The maximum atomic E-state index is 12.0. The van der Waals surface area contributed by atoms with Crippen molar-refractivity contribution in [2.45, 2.75) is 39.3 Å². The first kappa shape index (κ1) is 20.5. The van der Waals surface area contributed by atoms with Gasteiger partial charge in [0.2, 0.25) is 5.91 Å². The van der Waals surface area contributed by atoms with Crippen molar-refractivity contribution in [3.63, 3.8) is 0 Å². The standard InChI is InChI=1S/C18H26N2O5/c1-13(25-14-9-7-6-8-10-14)17(23)24-12-16(22)20(5)11-15(21)19-18(2,3)4/h6-10,13H,11-12H2,1-5H3,(H,19,21). The molecule has 0 bridgehead atoms. The molecule has 1 atom stereocenters. The van der Waals surface area contributed by atoms with Crippen molar-refractivity contribution in [3.8, 4) is 5.75 Å². The van der Waals surface area contributed by atoms with Crippen LogP contribution in [0.5, 0.6) is 5.75 Å². The molecule has 0 aliphatic heterocycles. The summed E-state index contributed by atoms with van der Waals surface area (Å²) in [4.78, 5) is 36.8. The molecule has 0 aliphatic carbocycles. The fourth-order valence-corrected chi connectivity index (χ4v) is 1.87. The summed E-state index contributed by atoms with van der Waals surface area (Å²) in [6.45, 7) is 6.54. The molecule has 0 spiro atoms. The summed E-state index contributed by atoms with van der Waals surface area (Å²) < 4.78 is 10.4. The second kappa shape index (κ2) is 9.05. The van der Waals surface area contributed by atoms with Crippen molar-refractivity contribution in [1.82, 2.24) is 10.2 Å². The van der Waals surface area contributed by atoms with Gasteiger partial charge in [-0.1, -0.05) is 18.2 Å². The molecule has 7 nitrogen and oxygen atoms in total. The highest BCUT2D eigenvalue weighted by molar-refractivity contribution is 5.86. The number of ether oxygens (including phenoxy) is 2. The normalized spacial score (nSPS) is 12.0. The molecule has 0 radical (unpaired) electrons. The minimum atomic E-state index is -0.843. The molecule has 1 rings (SSSR count). The number of para-hydroxylation sites is 1. The molecule has 1 unspecified atom stereocenters. The van der Waals surface area contributed by atoms with Crippen LogP contribution in [0.15, 0.2) is 30.3 Å². The van der Waals surface area contributed by atoms with Crippen molar-refractivity contribution in [3.05, 3.63) is 30.3 Å². The van der Waals surface area contributed by atoms with E-state index in [1.807, 2.05) is 26.8 Å². The Bertz CT molecular complexity index is 595. The van der Waals surface area contributed by atoms with Gasteiger partial charge in [-0.2, -0.15) is 0 Å². The molecule has 1 aromatic carbocycles. The average Bonchev–Trinajstić information content (AvgIpc) is 2.51. The SMILES string of the molecule is CC(Oc1ccccc1)C(=O)OCC(=O)N(C)CC(=O)NC(C)(C)C. The van der Waals surface area contributed by atoms with E-state index in [1.54, 1.807) is 31.2 Å². The fraction of sp³-hybridized carbons (Fsp3) is 0.500. The van der Waals surface area contributed by atoms with Crippen LogP contribution in [0, 0.1) is 0 Å². The van der Waals surface area contributed by atoms with Crippen LogP contribution >= 0.6 is 0 Å². The third kappa shape index (κ3) is 8.19. The first-order chi connectivity index (χ1) is 11.6. The lowest BCUT2D eigenvalue weighted by atomic mass is 10.1. The summed E-state index contributed by atoms with van der Waals surface area (Å²) in [6.07, 6.45) is -0.843. The first-order valence-electron chi connectivity index (χ1n) is 8.02. The van der Waals surface area contributed by atoms with E-state index in [0.717, 1.165) is 0 Å². The highest BCUT2D eigenvalue weighted by Crippen LogP contribution is 2.11. The number of carbonyl (C=O) groups excluding carboxylic acids is 3. The van der Waals surface area contributed by atoms with Gasteiger partial charge in [-0.3, -0.25) is 9.59 Å². The molecule has 1 N–H and O–H groups in total. The summed E-state index contributed by atoms with van der Waals surface area (Å²) in [6, 6.07) is 8.84. The Morgan fingerprint density at radius 1 is 1.16 bits per heavy atom. The Hall–Kier alpha value is -2.57. The predicted octanol–water partition coefficient (Wildman–Crippen LogP) is 1.37. The molecule has 138 valence electrons. The van der Waals surface area contributed by atoms with Gasteiger partial charge < -0.3 is 19.7 Å². The number of hydrogen-bond acceptors (Lipinski definition) is 5. The number of esters is 1. The minimum absolute atomic E-state index is 0.107. The van der Waals surface area contributed by atoms with Crippen LogP contribution in [-0.2, 0) is 19.1 Å². The zero-order valence-electron chi connectivity index (χ0n) is 15.4. The molecule has 0 saturated carbocycles. The molecule has 7 heteroatoms. The number of benzene rings is 1. The lowest BCUT2D eigenvalue weighted by molar-refractivity contribution is -0.157. The van der Waals surface area contributed by atoms with E-state index in [2.05, 4.69) is 5.32 Å². The predicted molar refractivity (Wildman–Crippen MR) is 93.0 cm³/mol. The number of amides is 2. The van der Waals surface area contributed by atoms with E-state index in [-0.39, 0.29) is 18.0 Å². The quantitative estimate of drug-likeness (QED) is 0.751. The Labute approximate surface area is 148 Å². The highest BCUT2D eigenvalue weighted by atomic mass is 16.6. The highest BCUT2D eigenvalue weighted by Gasteiger charge is 2.21. The third-order valence-corrected chi connectivity index (χ3v) is 3.05. The van der Waals surface area contributed by atoms with E-state index >= 15 is 0 Å². The zero-order valence-corrected chi connectivity index (χ0v) is 15.4. The third-order valence-electron chi connectivity index (χ3n) is 3.05. The van der Waals surface area contributed by atoms with Crippen LogP contribution in [0.25, 0.3) is 0 Å². The van der Waals surface area contributed by atoms with Crippen LogP contribution in [-0.4, -0.2) is 54.5 Å². The van der Waals surface area contributed by atoms with Gasteiger partial charge in [0.1, 0.15) is 5.75 Å². The van der Waals surface area contributed by atoms with Crippen LogP contribution in [0.1, 0.15) is 27.7 Å². The summed E-state index contributed by atoms with van der Waals surface area (Å²) in [7, 11) is 1.47. The van der Waals surface area contributed by atoms with Crippen LogP contribution in [0.3, 0.4) is 0 Å². The van der Waals surface area contributed by atoms with Gasteiger partial charge in [0.05, 0.1) is 6.54 Å². The second-order valence-electron chi connectivity index (χ2n) is 6.73. The van der Waals surface area contributed by atoms with E-state index in [9.17, 15) is 14.4 Å². The maximum Gasteiger partial charge on any atom is 0.347 e. The number of likely N-dealkylation sites (N-methyl/N-ethyl adjacent to an activating group) is 1. The fourth-order valence-electron chi connectivity index (χ4n) is 1.87. The number of hydrogen-bond donors (Lipinski definition) is 1. The summed E-state index contributed by atoms with van der Waals surface area (Å²) >= 11 is 0. The molecule has 0 aliphatic rings. The molecule has 0 fully saturated rings. The average molecular weight is 350 g/mol. The summed E-state index contributed by atoms with van der Waals surface area (Å²) in [5.41, 5.74) is -0.377. The van der Waals surface area contributed by atoms with Crippen molar-refractivity contribution < 1.29 is 23.9 Å². The van der Waals surface area contributed by atoms with Gasteiger partial charge in [0.15, 0.2) is 12.7 Å². The van der Waals surface area contributed by atoms with Gasteiger partial charge in [-0.05, 0) is 39.8 Å². The molecular formula is C18H26N2O5. The largest absolute Gasteiger partial charge is 0.479 e. The molecule has 25 heavy (non-hydrogen) atoms. The van der Waals surface area contributed by atoms with Gasteiger partial charge >= 0.3 is 5.97 Å². The smallest absolute Gasteiger partial charge is 0.347 e. The Morgan fingerprint density at radius 3 is 2.32 bits per heavy atom. The number of nitrogens with zero attached hydrogens (tertiary/aromatic N) is 1. The summed E-state index contributed by atoms with van der Waals surface area (Å²) in [5.74, 6) is -0.862. The maximum absolute atomic E-state index is 12.0. The Balaban J connectivity index is 2.39. The molecule has 2 amide bonds. The topological polar surface area (TPSA) is 84.9 Å². The van der Waals surface area contributed by atoms with Gasteiger partial charge in [-0.25, -0.2) is 4.79 Å². The van der Waals surface area contributed by atoms with Crippen LogP contribution < -0.4 is 10.1 Å². The van der Waals surface area contributed by atoms with E-state index in [0.29, 0.717) is 5.75 Å². The summed E-state index contributed by atoms with van der Waals surface area (Å²) in [5, 5.41) is 2.75. The van der Waals surface area contributed by atoms with Crippen molar-refractivity contribution in [2.75, 3.05) is 20.2 Å². The second-order valence-corrected chi connectivity index (χ2v) is 6.73. The van der Waals surface area contributed by atoms with Gasteiger partial charge in [-0.15, -0.1) is 0 Å². The van der Waals surface area contributed by atoms with Crippen LogP contribution in [0.2, 0.25) is 0 Å². The zero-order chi connectivity index (χ0) is 19.0. The number of rotatable bonds is 7. The molecule has 0 heterocycles. The van der Waals surface area contributed by atoms with E-state index in [1.165, 1.54) is 11.9 Å². The van der Waals surface area contributed by atoms with Crippen molar-refractivity contribution in [2.24, 2.45) is 0 Å². The Morgan fingerprint density at radius 2 is 1.76 bits per heavy atom.